The third-order valence-corrected chi connectivity index (χ3v) is 3.06. The molecule has 0 amide bonds. The first-order valence-corrected chi connectivity index (χ1v) is 6.97. The van der Waals surface area contributed by atoms with Gasteiger partial charge in [-0.1, -0.05) is 5.21 Å². The highest BCUT2D eigenvalue weighted by Gasteiger charge is 2.33. The van der Waals surface area contributed by atoms with Gasteiger partial charge in [0.15, 0.2) is 11.5 Å². The number of rotatable bonds is 5. The van der Waals surface area contributed by atoms with Crippen LogP contribution in [0.3, 0.4) is 0 Å². The lowest BCUT2D eigenvalue weighted by Crippen LogP contribution is -2.15. The van der Waals surface area contributed by atoms with Crippen molar-refractivity contribution in [1.29, 1.82) is 0 Å². The summed E-state index contributed by atoms with van der Waals surface area (Å²) in [5, 5.41) is 10.3. The van der Waals surface area contributed by atoms with Crippen LogP contribution in [0.15, 0.2) is 43.0 Å². The Labute approximate surface area is 134 Å². The molecular formula is C14H12F3N7. The summed E-state index contributed by atoms with van der Waals surface area (Å²) in [5.74, 6) is 0.0393. The van der Waals surface area contributed by atoms with E-state index < -0.39 is 11.9 Å². The Morgan fingerprint density at radius 2 is 2.04 bits per heavy atom. The Morgan fingerprint density at radius 3 is 2.71 bits per heavy atom. The van der Waals surface area contributed by atoms with Crippen LogP contribution in [0.25, 0.3) is 11.4 Å². The van der Waals surface area contributed by atoms with Gasteiger partial charge in [-0.3, -0.25) is 9.67 Å². The number of pyridine rings is 1. The van der Waals surface area contributed by atoms with Gasteiger partial charge >= 0.3 is 6.18 Å². The molecule has 0 radical (unpaired) electrons. The first-order valence-electron chi connectivity index (χ1n) is 6.97. The highest BCUT2D eigenvalue weighted by atomic mass is 19.4. The van der Waals surface area contributed by atoms with Crippen LogP contribution >= 0.6 is 0 Å². The Kier molecular flexibility index (Phi) is 4.36. The van der Waals surface area contributed by atoms with E-state index in [0.29, 0.717) is 18.7 Å². The summed E-state index contributed by atoms with van der Waals surface area (Å²) in [4.78, 5) is 11.6. The predicted octanol–water partition coefficient (Wildman–Crippen LogP) is 2.26. The fraction of sp³-hybridized carbons (Fsp3) is 0.214. The summed E-state index contributed by atoms with van der Waals surface area (Å²) < 4.78 is 40.7. The minimum atomic E-state index is -4.57. The number of aromatic nitrogens is 6. The second kappa shape index (κ2) is 6.60. The largest absolute Gasteiger partial charge is 0.433 e. The van der Waals surface area contributed by atoms with Crippen molar-refractivity contribution in [3.8, 4) is 11.4 Å². The van der Waals surface area contributed by atoms with Crippen molar-refractivity contribution in [3.05, 3.63) is 48.7 Å². The quantitative estimate of drug-likeness (QED) is 0.770. The molecule has 3 aromatic heterocycles. The van der Waals surface area contributed by atoms with E-state index in [9.17, 15) is 13.2 Å². The van der Waals surface area contributed by atoms with Gasteiger partial charge in [-0.05, 0) is 12.1 Å². The summed E-state index contributed by atoms with van der Waals surface area (Å²) in [6.07, 6.45) is 1.54. The molecule has 0 saturated heterocycles. The molecule has 10 heteroatoms. The lowest BCUT2D eigenvalue weighted by molar-refractivity contribution is -0.141. The minimum Gasteiger partial charge on any atom is -0.368 e. The topological polar surface area (TPSA) is 81.4 Å². The third kappa shape index (κ3) is 3.83. The molecule has 0 aromatic carbocycles. The van der Waals surface area contributed by atoms with Crippen LogP contribution in [0.1, 0.15) is 5.69 Å². The Balaban J connectivity index is 1.84. The number of nitrogens with zero attached hydrogens (tertiary/aromatic N) is 6. The number of halogens is 3. The standard InChI is InChI=1S/C14H12F3N7/c15-14(16,17)11-8-12(19-4-6-24-7-5-20-23-24)22-13(21-11)10-2-1-3-18-9-10/h1-3,5,7-9H,4,6H2,(H,19,21,22). The summed E-state index contributed by atoms with van der Waals surface area (Å²) in [5.41, 5.74) is -0.609. The van der Waals surface area contributed by atoms with Gasteiger partial charge in [0.1, 0.15) is 5.82 Å². The average Bonchev–Trinajstić information content (AvgIpc) is 3.08. The van der Waals surface area contributed by atoms with Crippen molar-refractivity contribution in [3.63, 3.8) is 0 Å². The van der Waals surface area contributed by atoms with Crippen molar-refractivity contribution >= 4 is 5.82 Å². The number of hydrogen-bond donors (Lipinski definition) is 1. The molecule has 1 N–H and O–H groups in total. The molecule has 0 unspecified atom stereocenters. The van der Waals surface area contributed by atoms with E-state index in [1.54, 1.807) is 23.0 Å². The fourth-order valence-corrected chi connectivity index (χ4v) is 1.96. The molecule has 3 aromatic rings. The zero-order chi connectivity index (χ0) is 17.0. The van der Waals surface area contributed by atoms with Crippen LogP contribution in [0, 0.1) is 0 Å². The fourth-order valence-electron chi connectivity index (χ4n) is 1.96. The van der Waals surface area contributed by atoms with Crippen LogP contribution in [0.5, 0.6) is 0 Å². The SMILES string of the molecule is FC(F)(F)c1cc(NCCn2ccnn2)nc(-c2cccnc2)n1. The number of alkyl halides is 3. The molecule has 0 atom stereocenters. The molecule has 0 fully saturated rings. The van der Waals surface area contributed by atoms with Crippen molar-refractivity contribution in [2.45, 2.75) is 12.7 Å². The van der Waals surface area contributed by atoms with E-state index in [0.717, 1.165) is 6.07 Å². The molecule has 0 spiro atoms. The first kappa shape index (κ1) is 15.8. The highest BCUT2D eigenvalue weighted by molar-refractivity contribution is 5.56. The molecule has 0 saturated carbocycles. The summed E-state index contributed by atoms with van der Waals surface area (Å²) >= 11 is 0. The normalized spacial score (nSPS) is 11.5. The molecule has 7 nitrogen and oxygen atoms in total. The van der Waals surface area contributed by atoms with Gasteiger partial charge in [-0.15, -0.1) is 5.10 Å². The summed E-state index contributed by atoms with van der Waals surface area (Å²) in [6, 6.07) is 4.08. The first-order chi connectivity index (χ1) is 11.5. The molecular weight excluding hydrogens is 323 g/mol. The number of anilines is 1. The van der Waals surface area contributed by atoms with Crippen molar-refractivity contribution < 1.29 is 13.2 Å². The van der Waals surface area contributed by atoms with Crippen LogP contribution in [-0.4, -0.2) is 36.5 Å². The van der Waals surface area contributed by atoms with Gasteiger partial charge in [0.25, 0.3) is 0 Å². The smallest absolute Gasteiger partial charge is 0.368 e. The molecule has 0 bridgehead atoms. The maximum absolute atomic E-state index is 13.1. The van der Waals surface area contributed by atoms with E-state index >= 15 is 0 Å². The minimum absolute atomic E-state index is 0.0406. The van der Waals surface area contributed by atoms with Crippen LogP contribution in [0.4, 0.5) is 19.0 Å². The average molecular weight is 335 g/mol. The van der Waals surface area contributed by atoms with Crippen molar-refractivity contribution in [1.82, 2.24) is 29.9 Å². The van der Waals surface area contributed by atoms with E-state index in [1.165, 1.54) is 18.6 Å². The monoisotopic (exact) mass is 335 g/mol. The number of nitrogens with one attached hydrogen (secondary N) is 1. The van der Waals surface area contributed by atoms with Crippen molar-refractivity contribution in [2.24, 2.45) is 0 Å². The van der Waals surface area contributed by atoms with Gasteiger partial charge in [0, 0.05) is 36.8 Å². The predicted molar refractivity (Wildman–Crippen MR) is 78.8 cm³/mol. The Morgan fingerprint density at radius 1 is 1.17 bits per heavy atom. The van der Waals surface area contributed by atoms with Crippen LogP contribution in [-0.2, 0) is 12.7 Å². The van der Waals surface area contributed by atoms with Gasteiger partial charge in [-0.25, -0.2) is 9.97 Å². The second-order valence-electron chi connectivity index (χ2n) is 4.79. The maximum atomic E-state index is 13.1. The molecule has 0 aliphatic rings. The van der Waals surface area contributed by atoms with E-state index in [1.807, 2.05) is 0 Å². The zero-order valence-electron chi connectivity index (χ0n) is 12.3. The van der Waals surface area contributed by atoms with Gasteiger partial charge in [0.05, 0.1) is 12.7 Å². The molecule has 3 rings (SSSR count). The Bertz CT molecular complexity index is 788. The molecule has 124 valence electrons. The van der Waals surface area contributed by atoms with Gasteiger partial charge in [0.2, 0.25) is 0 Å². The molecule has 24 heavy (non-hydrogen) atoms. The van der Waals surface area contributed by atoms with E-state index in [2.05, 4.69) is 30.6 Å². The summed E-state index contributed by atoms with van der Waals surface area (Å²) in [7, 11) is 0. The zero-order valence-corrected chi connectivity index (χ0v) is 12.3. The van der Waals surface area contributed by atoms with E-state index in [4.69, 9.17) is 0 Å². The summed E-state index contributed by atoms with van der Waals surface area (Å²) in [6.45, 7) is 0.776. The second-order valence-corrected chi connectivity index (χ2v) is 4.79. The lowest BCUT2D eigenvalue weighted by atomic mass is 10.2. The lowest BCUT2D eigenvalue weighted by Gasteiger charge is -2.12. The molecule has 0 aliphatic heterocycles. The number of hydrogen-bond acceptors (Lipinski definition) is 6. The van der Waals surface area contributed by atoms with Gasteiger partial charge < -0.3 is 5.32 Å². The molecule has 0 aliphatic carbocycles. The highest BCUT2D eigenvalue weighted by Crippen LogP contribution is 2.30. The molecule has 3 heterocycles. The Hall–Kier alpha value is -3.04. The van der Waals surface area contributed by atoms with E-state index in [-0.39, 0.29) is 11.6 Å². The van der Waals surface area contributed by atoms with Gasteiger partial charge in [-0.2, -0.15) is 13.2 Å². The van der Waals surface area contributed by atoms with Crippen LogP contribution in [0.2, 0.25) is 0 Å². The van der Waals surface area contributed by atoms with Crippen LogP contribution < -0.4 is 5.32 Å². The maximum Gasteiger partial charge on any atom is 0.433 e. The third-order valence-electron chi connectivity index (χ3n) is 3.06. The van der Waals surface area contributed by atoms with Crippen molar-refractivity contribution in [2.75, 3.05) is 11.9 Å².